The minimum Gasteiger partial charge on any atom is -0.324 e. The summed E-state index contributed by atoms with van der Waals surface area (Å²) in [7, 11) is 2.11. The first-order valence-corrected chi connectivity index (χ1v) is 7.05. The highest BCUT2D eigenvalue weighted by molar-refractivity contribution is 6.31. The highest BCUT2D eigenvalue weighted by Crippen LogP contribution is 2.27. The Morgan fingerprint density at radius 1 is 1.28 bits per heavy atom. The molecule has 0 radical (unpaired) electrons. The first-order valence-electron chi connectivity index (χ1n) is 6.67. The van der Waals surface area contributed by atoms with Gasteiger partial charge in [-0.1, -0.05) is 43.6 Å². The summed E-state index contributed by atoms with van der Waals surface area (Å²) in [6.45, 7) is 7.36. The number of benzene rings is 1. The number of halogens is 1. The Morgan fingerprint density at radius 3 is 2.33 bits per heavy atom. The topological polar surface area (TPSA) is 29.3 Å². The van der Waals surface area contributed by atoms with Crippen molar-refractivity contribution in [3.05, 3.63) is 34.9 Å². The zero-order valence-electron chi connectivity index (χ0n) is 11.9. The summed E-state index contributed by atoms with van der Waals surface area (Å²) in [5.41, 5.74) is 7.43. The maximum atomic E-state index is 6.38. The molecule has 3 heteroatoms. The third-order valence-corrected chi connectivity index (χ3v) is 4.33. The molecule has 18 heavy (non-hydrogen) atoms. The lowest BCUT2D eigenvalue weighted by molar-refractivity contribution is 0.190. The maximum Gasteiger partial charge on any atom is 0.0453 e. The Labute approximate surface area is 116 Å². The molecule has 0 saturated carbocycles. The van der Waals surface area contributed by atoms with Crippen molar-refractivity contribution >= 4 is 11.6 Å². The molecule has 0 bridgehead atoms. The van der Waals surface area contributed by atoms with Gasteiger partial charge < -0.3 is 5.73 Å². The van der Waals surface area contributed by atoms with Crippen LogP contribution in [0.3, 0.4) is 0 Å². The third kappa shape index (κ3) is 3.71. The SMILES string of the molecule is CCC(N)(CC)CN(C)C(C)c1ccccc1Cl. The Hall–Kier alpha value is -0.570. The number of rotatable bonds is 6. The van der Waals surface area contributed by atoms with E-state index in [4.69, 9.17) is 17.3 Å². The van der Waals surface area contributed by atoms with Crippen molar-refractivity contribution in [2.45, 2.75) is 45.2 Å². The molecule has 0 aliphatic carbocycles. The minimum atomic E-state index is -0.107. The summed E-state index contributed by atoms with van der Waals surface area (Å²) in [5.74, 6) is 0. The van der Waals surface area contributed by atoms with Crippen molar-refractivity contribution in [1.82, 2.24) is 4.90 Å². The molecule has 1 aromatic rings. The monoisotopic (exact) mass is 268 g/mol. The van der Waals surface area contributed by atoms with E-state index in [1.54, 1.807) is 0 Å². The molecule has 1 unspecified atom stereocenters. The highest BCUT2D eigenvalue weighted by atomic mass is 35.5. The van der Waals surface area contributed by atoms with Gasteiger partial charge in [0.2, 0.25) is 0 Å². The Kier molecular flexibility index (Phi) is 5.64. The van der Waals surface area contributed by atoms with Crippen LogP contribution in [0.1, 0.15) is 45.2 Å². The summed E-state index contributed by atoms with van der Waals surface area (Å²) in [5, 5.41) is 0.826. The van der Waals surface area contributed by atoms with E-state index >= 15 is 0 Å². The lowest BCUT2D eigenvalue weighted by Gasteiger charge is -2.35. The van der Waals surface area contributed by atoms with Gasteiger partial charge in [-0.2, -0.15) is 0 Å². The van der Waals surface area contributed by atoms with E-state index in [2.05, 4.69) is 38.8 Å². The number of nitrogens with two attached hydrogens (primary N) is 1. The largest absolute Gasteiger partial charge is 0.324 e. The van der Waals surface area contributed by atoms with Gasteiger partial charge in [-0.05, 0) is 38.4 Å². The van der Waals surface area contributed by atoms with Crippen LogP contribution in [-0.4, -0.2) is 24.0 Å². The first kappa shape index (κ1) is 15.5. The number of hydrogen-bond donors (Lipinski definition) is 1. The van der Waals surface area contributed by atoms with Crippen molar-refractivity contribution in [2.75, 3.05) is 13.6 Å². The number of hydrogen-bond acceptors (Lipinski definition) is 2. The number of likely N-dealkylation sites (N-methyl/N-ethyl adjacent to an activating group) is 1. The van der Waals surface area contributed by atoms with E-state index < -0.39 is 0 Å². The van der Waals surface area contributed by atoms with Crippen LogP contribution < -0.4 is 5.73 Å². The molecule has 0 amide bonds. The van der Waals surface area contributed by atoms with E-state index in [0.717, 1.165) is 30.0 Å². The van der Waals surface area contributed by atoms with Crippen LogP contribution in [0.15, 0.2) is 24.3 Å². The Bertz CT molecular complexity index is 375. The fraction of sp³-hybridized carbons (Fsp3) is 0.600. The standard InChI is InChI=1S/C15H25ClN2/c1-5-15(17,6-2)11-18(4)12(3)13-9-7-8-10-14(13)16/h7-10,12H,5-6,11,17H2,1-4H3. The normalized spacial score (nSPS) is 13.9. The summed E-state index contributed by atoms with van der Waals surface area (Å²) in [6, 6.07) is 8.29. The molecule has 0 aromatic heterocycles. The van der Waals surface area contributed by atoms with Crippen LogP contribution in [0.2, 0.25) is 5.02 Å². The van der Waals surface area contributed by atoms with Crippen molar-refractivity contribution < 1.29 is 0 Å². The van der Waals surface area contributed by atoms with Gasteiger partial charge in [0.05, 0.1) is 0 Å². The second-order valence-electron chi connectivity index (χ2n) is 5.18. The van der Waals surface area contributed by atoms with Crippen molar-refractivity contribution in [3.8, 4) is 0 Å². The van der Waals surface area contributed by atoms with Crippen molar-refractivity contribution in [3.63, 3.8) is 0 Å². The second kappa shape index (κ2) is 6.55. The highest BCUT2D eigenvalue weighted by Gasteiger charge is 2.25. The van der Waals surface area contributed by atoms with Crippen LogP contribution in [0, 0.1) is 0 Å². The van der Waals surface area contributed by atoms with E-state index in [-0.39, 0.29) is 11.6 Å². The molecule has 0 heterocycles. The quantitative estimate of drug-likeness (QED) is 0.849. The molecule has 0 fully saturated rings. The average molecular weight is 269 g/mol. The second-order valence-corrected chi connectivity index (χ2v) is 5.59. The maximum absolute atomic E-state index is 6.38. The summed E-state index contributed by atoms with van der Waals surface area (Å²) in [6.07, 6.45) is 1.98. The van der Waals surface area contributed by atoms with E-state index in [1.807, 2.05) is 18.2 Å². The van der Waals surface area contributed by atoms with Crippen molar-refractivity contribution in [2.24, 2.45) is 5.73 Å². The van der Waals surface area contributed by atoms with Gasteiger partial charge in [0.1, 0.15) is 0 Å². The lowest BCUT2D eigenvalue weighted by atomic mass is 9.92. The van der Waals surface area contributed by atoms with Gasteiger partial charge in [0.25, 0.3) is 0 Å². The molecule has 0 aliphatic heterocycles. The summed E-state index contributed by atoms with van der Waals surface area (Å²) < 4.78 is 0. The molecular weight excluding hydrogens is 244 g/mol. The molecule has 1 atom stereocenters. The fourth-order valence-electron chi connectivity index (χ4n) is 2.16. The predicted molar refractivity (Wildman–Crippen MR) is 80.0 cm³/mol. The van der Waals surface area contributed by atoms with Crippen LogP contribution in [0.4, 0.5) is 0 Å². The van der Waals surface area contributed by atoms with Crippen LogP contribution in [0.5, 0.6) is 0 Å². The van der Waals surface area contributed by atoms with Crippen LogP contribution in [0.25, 0.3) is 0 Å². The van der Waals surface area contributed by atoms with E-state index in [1.165, 1.54) is 0 Å². The fourth-order valence-corrected chi connectivity index (χ4v) is 2.45. The van der Waals surface area contributed by atoms with Gasteiger partial charge >= 0.3 is 0 Å². The Morgan fingerprint density at radius 2 is 1.83 bits per heavy atom. The predicted octanol–water partition coefficient (Wildman–Crippen LogP) is 3.85. The van der Waals surface area contributed by atoms with Crippen LogP contribution >= 0.6 is 11.6 Å². The third-order valence-electron chi connectivity index (χ3n) is 3.99. The lowest BCUT2D eigenvalue weighted by Crippen LogP contribution is -2.48. The van der Waals surface area contributed by atoms with Gasteiger partial charge in [0.15, 0.2) is 0 Å². The summed E-state index contributed by atoms with van der Waals surface area (Å²) >= 11 is 6.24. The molecular formula is C15H25ClN2. The van der Waals surface area contributed by atoms with Gasteiger partial charge in [0, 0.05) is 23.1 Å². The van der Waals surface area contributed by atoms with Gasteiger partial charge in [-0.15, -0.1) is 0 Å². The van der Waals surface area contributed by atoms with Gasteiger partial charge in [-0.25, -0.2) is 0 Å². The average Bonchev–Trinajstić information content (AvgIpc) is 2.38. The minimum absolute atomic E-state index is 0.107. The molecule has 0 aliphatic rings. The van der Waals surface area contributed by atoms with Crippen molar-refractivity contribution in [1.29, 1.82) is 0 Å². The Balaban J connectivity index is 2.79. The molecule has 1 rings (SSSR count). The van der Waals surface area contributed by atoms with Crippen LogP contribution in [-0.2, 0) is 0 Å². The molecule has 102 valence electrons. The molecule has 0 spiro atoms. The molecule has 2 N–H and O–H groups in total. The molecule has 0 saturated heterocycles. The zero-order chi connectivity index (χ0) is 13.8. The van der Waals surface area contributed by atoms with E-state index in [0.29, 0.717) is 0 Å². The first-order chi connectivity index (χ1) is 8.43. The molecule has 2 nitrogen and oxygen atoms in total. The van der Waals surface area contributed by atoms with Gasteiger partial charge in [-0.3, -0.25) is 4.90 Å². The zero-order valence-corrected chi connectivity index (χ0v) is 12.7. The molecule has 1 aromatic carbocycles. The summed E-state index contributed by atoms with van der Waals surface area (Å²) in [4.78, 5) is 2.29. The smallest absolute Gasteiger partial charge is 0.0453 e. The number of nitrogens with zero attached hydrogens (tertiary/aromatic N) is 1. The van der Waals surface area contributed by atoms with E-state index in [9.17, 15) is 0 Å².